The van der Waals surface area contributed by atoms with Crippen LogP contribution >= 0.6 is 0 Å². The first-order valence-corrected chi connectivity index (χ1v) is 3.99. The van der Waals surface area contributed by atoms with Crippen LogP contribution in [0.4, 0.5) is 0 Å². The van der Waals surface area contributed by atoms with Gasteiger partial charge in [0.05, 0.1) is 5.60 Å². The van der Waals surface area contributed by atoms with Gasteiger partial charge >= 0.3 is 0 Å². The summed E-state index contributed by atoms with van der Waals surface area (Å²) >= 11 is 0. The zero-order chi connectivity index (χ0) is 9.07. The molecule has 0 saturated heterocycles. The van der Waals surface area contributed by atoms with Crippen molar-refractivity contribution in [3.63, 3.8) is 0 Å². The molecule has 1 N–H and O–H groups in total. The molecular formula is C10H18O. The lowest BCUT2D eigenvalue weighted by atomic mass is 9.92. The average Bonchev–Trinajstić information content (AvgIpc) is 1.84. The largest absolute Gasteiger partial charge is 0.385 e. The predicted octanol–water partition coefficient (Wildman–Crippen LogP) is 2.51. The van der Waals surface area contributed by atoms with Gasteiger partial charge in [-0.25, -0.2) is 0 Å². The summed E-state index contributed by atoms with van der Waals surface area (Å²) in [4.78, 5) is 0. The summed E-state index contributed by atoms with van der Waals surface area (Å²) in [6.07, 6.45) is 1.73. The molecular weight excluding hydrogens is 136 g/mol. The van der Waals surface area contributed by atoms with Crippen molar-refractivity contribution < 1.29 is 5.11 Å². The molecule has 0 spiro atoms. The first-order valence-electron chi connectivity index (χ1n) is 3.99. The van der Waals surface area contributed by atoms with Crippen molar-refractivity contribution in [1.82, 2.24) is 0 Å². The minimum atomic E-state index is -0.725. The van der Waals surface area contributed by atoms with E-state index in [0.717, 1.165) is 5.57 Å². The highest BCUT2D eigenvalue weighted by Gasteiger charge is 2.20. The van der Waals surface area contributed by atoms with Crippen LogP contribution < -0.4 is 0 Å². The Bertz CT molecular complexity index is 177. The van der Waals surface area contributed by atoms with Gasteiger partial charge in [-0.3, -0.25) is 0 Å². The van der Waals surface area contributed by atoms with E-state index >= 15 is 0 Å². The molecule has 0 aliphatic carbocycles. The molecule has 1 nitrogen and oxygen atoms in total. The highest BCUT2D eigenvalue weighted by molar-refractivity contribution is 5.03. The number of aliphatic hydroxyl groups is 1. The van der Waals surface area contributed by atoms with Crippen LogP contribution in [0.3, 0.4) is 0 Å². The van der Waals surface area contributed by atoms with E-state index < -0.39 is 5.60 Å². The van der Waals surface area contributed by atoms with Gasteiger partial charge in [-0.2, -0.15) is 0 Å². The second kappa shape index (κ2) is 3.75. The van der Waals surface area contributed by atoms with Gasteiger partial charge in [0.15, 0.2) is 0 Å². The van der Waals surface area contributed by atoms with Crippen LogP contribution in [0.1, 0.15) is 34.6 Å². The van der Waals surface area contributed by atoms with Crippen LogP contribution in [0, 0.1) is 5.92 Å². The summed E-state index contributed by atoms with van der Waals surface area (Å²) < 4.78 is 0. The van der Waals surface area contributed by atoms with Gasteiger partial charge in [-0.1, -0.05) is 13.8 Å². The minimum absolute atomic E-state index is 0.231. The Morgan fingerprint density at radius 2 is 1.91 bits per heavy atom. The fourth-order valence-electron chi connectivity index (χ4n) is 0.457. The number of hydrogen-bond acceptors (Lipinski definition) is 1. The van der Waals surface area contributed by atoms with Crippen LogP contribution in [0.2, 0.25) is 0 Å². The molecule has 0 saturated carbocycles. The second-order valence-corrected chi connectivity index (χ2v) is 3.67. The van der Waals surface area contributed by atoms with Crippen LogP contribution in [0.15, 0.2) is 17.4 Å². The number of rotatable bonds is 2. The summed E-state index contributed by atoms with van der Waals surface area (Å²) in [5, 5.41) is 9.71. The molecule has 0 aromatic heterocycles. The van der Waals surface area contributed by atoms with Gasteiger partial charge in [0.2, 0.25) is 0 Å². The first-order chi connectivity index (χ1) is 4.86. The molecule has 0 fully saturated rings. The van der Waals surface area contributed by atoms with Crippen molar-refractivity contribution in [2.24, 2.45) is 5.92 Å². The molecule has 1 atom stereocenters. The van der Waals surface area contributed by atoms with Gasteiger partial charge in [0, 0.05) is 0 Å². The van der Waals surface area contributed by atoms with Crippen molar-refractivity contribution in [3.05, 3.63) is 17.4 Å². The quantitative estimate of drug-likeness (QED) is 0.606. The molecule has 0 radical (unpaired) electrons. The molecule has 0 bridgehead atoms. The zero-order valence-electron chi connectivity index (χ0n) is 8.10. The van der Waals surface area contributed by atoms with E-state index in [1.807, 2.05) is 27.7 Å². The van der Waals surface area contributed by atoms with Crippen molar-refractivity contribution in [2.75, 3.05) is 0 Å². The van der Waals surface area contributed by atoms with Gasteiger partial charge in [0.1, 0.15) is 0 Å². The monoisotopic (exact) mass is 154 g/mol. The summed E-state index contributed by atoms with van der Waals surface area (Å²) in [5.74, 6) is 0.231. The minimum Gasteiger partial charge on any atom is -0.385 e. The molecule has 0 amide bonds. The maximum Gasteiger partial charge on any atom is 0.0895 e. The van der Waals surface area contributed by atoms with Crippen LogP contribution in [-0.2, 0) is 0 Å². The average molecular weight is 154 g/mol. The first kappa shape index (κ1) is 10.5. The Hall–Kier alpha value is -0.520. The molecule has 11 heavy (non-hydrogen) atoms. The van der Waals surface area contributed by atoms with E-state index in [-0.39, 0.29) is 5.92 Å². The highest BCUT2D eigenvalue weighted by Crippen LogP contribution is 2.16. The third-order valence-corrected chi connectivity index (χ3v) is 1.82. The molecule has 1 heteroatoms. The molecule has 0 aromatic rings. The molecule has 1 unspecified atom stereocenters. The summed E-state index contributed by atoms with van der Waals surface area (Å²) in [6.45, 7) is 9.71. The van der Waals surface area contributed by atoms with Gasteiger partial charge < -0.3 is 5.11 Å². The summed E-state index contributed by atoms with van der Waals surface area (Å²) in [7, 11) is 0. The smallest absolute Gasteiger partial charge is 0.0895 e. The fourth-order valence-corrected chi connectivity index (χ4v) is 0.457. The molecule has 0 aliphatic heterocycles. The SMILES string of the molecule is CC(C)=C=CC(C)(O)C(C)C. The van der Waals surface area contributed by atoms with E-state index in [1.165, 1.54) is 0 Å². The lowest BCUT2D eigenvalue weighted by molar-refractivity contribution is 0.0627. The lowest BCUT2D eigenvalue weighted by Gasteiger charge is -2.22. The van der Waals surface area contributed by atoms with Gasteiger partial charge in [0.25, 0.3) is 0 Å². The van der Waals surface area contributed by atoms with Crippen molar-refractivity contribution in [1.29, 1.82) is 0 Å². The van der Waals surface area contributed by atoms with Crippen LogP contribution in [0.25, 0.3) is 0 Å². The van der Waals surface area contributed by atoms with Gasteiger partial charge in [-0.05, 0) is 38.3 Å². The van der Waals surface area contributed by atoms with Crippen LogP contribution in [-0.4, -0.2) is 10.7 Å². The maximum atomic E-state index is 9.71. The Morgan fingerprint density at radius 3 is 2.18 bits per heavy atom. The van der Waals surface area contributed by atoms with Crippen molar-refractivity contribution >= 4 is 0 Å². The number of hydrogen-bond donors (Lipinski definition) is 1. The molecule has 0 aliphatic rings. The Balaban J connectivity index is 4.48. The van der Waals surface area contributed by atoms with E-state index in [4.69, 9.17) is 0 Å². The Labute approximate surface area is 69.4 Å². The standard InChI is InChI=1S/C10H18O/c1-8(2)6-7-10(5,11)9(3)4/h7,9,11H,1-5H3. The lowest BCUT2D eigenvalue weighted by Crippen LogP contribution is -2.27. The molecule has 64 valence electrons. The topological polar surface area (TPSA) is 20.2 Å². The fraction of sp³-hybridized carbons (Fsp3) is 0.700. The normalized spacial score (nSPS) is 15.5. The molecule has 0 rings (SSSR count). The summed E-state index contributed by atoms with van der Waals surface area (Å²) in [5.41, 5.74) is 3.37. The van der Waals surface area contributed by atoms with Crippen molar-refractivity contribution in [2.45, 2.75) is 40.2 Å². The van der Waals surface area contributed by atoms with E-state index in [0.29, 0.717) is 0 Å². The Morgan fingerprint density at radius 1 is 1.45 bits per heavy atom. The predicted molar refractivity (Wildman–Crippen MR) is 48.4 cm³/mol. The third kappa shape index (κ3) is 4.02. The summed E-state index contributed by atoms with van der Waals surface area (Å²) in [6, 6.07) is 0. The van der Waals surface area contributed by atoms with E-state index in [9.17, 15) is 5.11 Å². The Kier molecular flexibility index (Phi) is 3.57. The second-order valence-electron chi connectivity index (χ2n) is 3.67. The maximum absolute atomic E-state index is 9.71. The van der Waals surface area contributed by atoms with Gasteiger partial charge in [-0.15, -0.1) is 5.73 Å². The molecule has 0 heterocycles. The van der Waals surface area contributed by atoms with Crippen LogP contribution in [0.5, 0.6) is 0 Å². The van der Waals surface area contributed by atoms with Crippen molar-refractivity contribution in [3.8, 4) is 0 Å². The van der Waals surface area contributed by atoms with E-state index in [2.05, 4.69) is 5.73 Å². The highest BCUT2D eigenvalue weighted by atomic mass is 16.3. The third-order valence-electron chi connectivity index (χ3n) is 1.82. The molecule has 0 aromatic carbocycles. The van der Waals surface area contributed by atoms with E-state index in [1.54, 1.807) is 13.0 Å². The zero-order valence-corrected chi connectivity index (χ0v) is 8.10.